The number of hydrogen-bond donors (Lipinski definition) is 1. The fourth-order valence-corrected chi connectivity index (χ4v) is 2.73. The van der Waals surface area contributed by atoms with Gasteiger partial charge in [-0.05, 0) is 32.0 Å². The summed E-state index contributed by atoms with van der Waals surface area (Å²) in [6, 6.07) is 14.5. The topological polar surface area (TPSA) is 111 Å². The number of pyridine rings is 1. The average molecular weight is 379 g/mol. The van der Waals surface area contributed by atoms with Crippen molar-refractivity contribution in [2.75, 3.05) is 5.32 Å². The predicted molar refractivity (Wildman–Crippen MR) is 103 cm³/mol. The maximum absolute atomic E-state index is 12.6. The van der Waals surface area contributed by atoms with Gasteiger partial charge in [-0.2, -0.15) is 0 Å². The van der Waals surface area contributed by atoms with Gasteiger partial charge in [0.2, 0.25) is 0 Å². The molecular weight excluding hydrogens is 362 g/mol. The summed E-state index contributed by atoms with van der Waals surface area (Å²) in [6.45, 7) is 3.16. The Bertz CT molecular complexity index is 1080. The van der Waals surface area contributed by atoms with E-state index in [1.165, 1.54) is 25.1 Å². The van der Waals surface area contributed by atoms with Gasteiger partial charge in [0.05, 0.1) is 16.0 Å². The van der Waals surface area contributed by atoms with E-state index in [4.69, 9.17) is 4.74 Å². The highest BCUT2D eigenvalue weighted by Crippen LogP contribution is 2.24. The number of benzene rings is 2. The van der Waals surface area contributed by atoms with Gasteiger partial charge in [0.1, 0.15) is 5.69 Å². The molecule has 1 amide bonds. The molecule has 1 atom stereocenters. The Hall–Kier alpha value is -3.81. The van der Waals surface area contributed by atoms with Crippen LogP contribution in [0, 0.1) is 17.0 Å². The van der Waals surface area contributed by atoms with E-state index in [0.717, 1.165) is 0 Å². The van der Waals surface area contributed by atoms with Crippen LogP contribution < -0.4 is 5.32 Å². The third kappa shape index (κ3) is 3.96. The highest BCUT2D eigenvalue weighted by molar-refractivity contribution is 6.05. The fourth-order valence-electron chi connectivity index (χ4n) is 2.73. The summed E-state index contributed by atoms with van der Waals surface area (Å²) in [5.41, 5.74) is 1.37. The maximum Gasteiger partial charge on any atom is 0.339 e. The first kappa shape index (κ1) is 19.0. The van der Waals surface area contributed by atoms with Crippen LogP contribution in [-0.2, 0) is 9.53 Å². The molecule has 8 heteroatoms. The van der Waals surface area contributed by atoms with Crippen molar-refractivity contribution < 1.29 is 19.2 Å². The molecule has 0 aliphatic heterocycles. The number of nitro groups is 1. The number of nitrogens with one attached hydrogen (secondary N) is 1. The van der Waals surface area contributed by atoms with Crippen LogP contribution in [0.5, 0.6) is 0 Å². The van der Waals surface area contributed by atoms with Gasteiger partial charge < -0.3 is 10.1 Å². The van der Waals surface area contributed by atoms with E-state index in [1.54, 1.807) is 37.3 Å². The molecule has 0 spiro atoms. The number of nitro benzene ring substituents is 1. The molecule has 0 unspecified atom stereocenters. The van der Waals surface area contributed by atoms with Crippen molar-refractivity contribution in [3.05, 3.63) is 76.0 Å². The first-order valence-electron chi connectivity index (χ1n) is 8.48. The first-order valence-corrected chi connectivity index (χ1v) is 8.48. The lowest BCUT2D eigenvalue weighted by Gasteiger charge is -2.14. The molecule has 1 N–H and O–H groups in total. The van der Waals surface area contributed by atoms with Crippen LogP contribution in [0.4, 0.5) is 11.4 Å². The van der Waals surface area contributed by atoms with Gasteiger partial charge in [0.25, 0.3) is 11.6 Å². The van der Waals surface area contributed by atoms with Crippen molar-refractivity contribution in [2.45, 2.75) is 20.0 Å². The molecule has 0 saturated heterocycles. The van der Waals surface area contributed by atoms with Gasteiger partial charge >= 0.3 is 5.97 Å². The van der Waals surface area contributed by atoms with Crippen molar-refractivity contribution in [2.24, 2.45) is 0 Å². The lowest BCUT2D eigenvalue weighted by atomic mass is 10.1. The Labute approximate surface area is 160 Å². The van der Waals surface area contributed by atoms with Gasteiger partial charge in [-0.3, -0.25) is 19.9 Å². The van der Waals surface area contributed by atoms with E-state index < -0.39 is 22.9 Å². The first-order chi connectivity index (χ1) is 13.4. The van der Waals surface area contributed by atoms with E-state index in [2.05, 4.69) is 10.3 Å². The summed E-state index contributed by atoms with van der Waals surface area (Å²) in [5.74, 6) is -1.34. The number of fused-ring (bicyclic) bond motifs is 1. The molecule has 0 radical (unpaired) electrons. The number of ether oxygens (including phenoxy) is 1. The van der Waals surface area contributed by atoms with E-state index in [9.17, 15) is 19.7 Å². The van der Waals surface area contributed by atoms with Crippen LogP contribution in [0.2, 0.25) is 0 Å². The minimum absolute atomic E-state index is 0.0330. The monoisotopic (exact) mass is 379 g/mol. The van der Waals surface area contributed by atoms with Gasteiger partial charge in [-0.1, -0.05) is 30.3 Å². The number of para-hydroxylation sites is 3. The minimum Gasteiger partial charge on any atom is -0.449 e. The zero-order valence-electron chi connectivity index (χ0n) is 15.2. The molecule has 0 saturated carbocycles. The highest BCUT2D eigenvalue weighted by atomic mass is 16.6. The molecule has 1 aromatic heterocycles. The Balaban J connectivity index is 1.78. The number of anilines is 1. The van der Waals surface area contributed by atoms with E-state index >= 15 is 0 Å². The Kier molecular flexibility index (Phi) is 5.30. The zero-order chi connectivity index (χ0) is 20.3. The Morgan fingerprint density at radius 3 is 2.57 bits per heavy atom. The van der Waals surface area contributed by atoms with Crippen LogP contribution in [0.1, 0.15) is 23.0 Å². The molecule has 3 rings (SSSR count). The predicted octanol–water partition coefficient (Wildman–Crippen LogP) is 3.64. The van der Waals surface area contributed by atoms with Crippen molar-refractivity contribution in [3.8, 4) is 0 Å². The summed E-state index contributed by atoms with van der Waals surface area (Å²) < 4.78 is 5.29. The van der Waals surface area contributed by atoms with Crippen LogP contribution in [0.3, 0.4) is 0 Å². The summed E-state index contributed by atoms with van der Waals surface area (Å²) >= 11 is 0. The number of rotatable bonds is 5. The molecule has 3 aromatic rings. The molecule has 8 nitrogen and oxygen atoms in total. The van der Waals surface area contributed by atoms with Crippen molar-refractivity contribution in [1.82, 2.24) is 4.98 Å². The van der Waals surface area contributed by atoms with Gasteiger partial charge in [-0.25, -0.2) is 4.79 Å². The van der Waals surface area contributed by atoms with E-state index in [-0.39, 0.29) is 11.4 Å². The Morgan fingerprint density at radius 2 is 1.82 bits per heavy atom. The molecule has 1 heterocycles. The third-order valence-corrected chi connectivity index (χ3v) is 4.08. The second kappa shape index (κ2) is 7.83. The summed E-state index contributed by atoms with van der Waals surface area (Å²) in [6.07, 6.45) is -1.15. The third-order valence-electron chi connectivity index (χ3n) is 4.08. The van der Waals surface area contributed by atoms with E-state index in [0.29, 0.717) is 22.2 Å². The number of aryl methyl sites for hydroxylation is 1. The summed E-state index contributed by atoms with van der Waals surface area (Å²) in [7, 11) is 0. The Morgan fingerprint density at radius 1 is 1.14 bits per heavy atom. The molecule has 0 fully saturated rings. The quantitative estimate of drug-likeness (QED) is 0.412. The molecule has 142 valence electrons. The second-order valence-electron chi connectivity index (χ2n) is 6.14. The molecule has 28 heavy (non-hydrogen) atoms. The summed E-state index contributed by atoms with van der Waals surface area (Å²) in [5, 5.41) is 14.1. The molecule has 0 aliphatic rings. The van der Waals surface area contributed by atoms with Crippen LogP contribution in [-0.4, -0.2) is 27.9 Å². The average Bonchev–Trinajstić information content (AvgIpc) is 2.67. The van der Waals surface area contributed by atoms with E-state index in [1.807, 2.05) is 6.07 Å². The SMILES string of the molecule is Cc1cc(C(=O)O[C@@H](C)C(=O)Nc2ccccc2[N+](=O)[O-])c2ccccc2n1. The lowest BCUT2D eigenvalue weighted by Crippen LogP contribution is -2.30. The minimum atomic E-state index is -1.15. The highest BCUT2D eigenvalue weighted by Gasteiger charge is 2.23. The number of amides is 1. The van der Waals surface area contributed by atoms with Crippen LogP contribution in [0.15, 0.2) is 54.6 Å². The lowest BCUT2D eigenvalue weighted by molar-refractivity contribution is -0.383. The smallest absolute Gasteiger partial charge is 0.339 e. The van der Waals surface area contributed by atoms with Crippen molar-refractivity contribution >= 4 is 34.2 Å². The number of carbonyl (C=O) groups excluding carboxylic acids is 2. The zero-order valence-corrected chi connectivity index (χ0v) is 15.2. The largest absolute Gasteiger partial charge is 0.449 e. The number of aromatic nitrogens is 1. The number of hydrogen-bond acceptors (Lipinski definition) is 6. The molecule has 0 aliphatic carbocycles. The molecule has 2 aromatic carbocycles. The standard InChI is InChI=1S/C20H17N3O5/c1-12-11-15(14-7-3-4-8-16(14)21-12)20(25)28-13(2)19(24)22-17-9-5-6-10-18(17)23(26)27/h3-11,13H,1-2H3,(H,22,24)/t13-/m0/s1. The van der Waals surface area contributed by atoms with Crippen LogP contribution >= 0.6 is 0 Å². The number of nitrogens with zero attached hydrogens (tertiary/aromatic N) is 2. The van der Waals surface area contributed by atoms with Crippen molar-refractivity contribution in [3.63, 3.8) is 0 Å². The van der Waals surface area contributed by atoms with Gasteiger partial charge in [0, 0.05) is 17.1 Å². The number of carbonyl (C=O) groups is 2. The van der Waals surface area contributed by atoms with Crippen molar-refractivity contribution in [1.29, 1.82) is 0 Å². The fraction of sp³-hybridized carbons (Fsp3) is 0.150. The molecular formula is C20H17N3O5. The summed E-state index contributed by atoms with van der Waals surface area (Å²) in [4.78, 5) is 39.8. The molecule has 0 bridgehead atoms. The normalized spacial score (nSPS) is 11.6. The number of esters is 1. The second-order valence-corrected chi connectivity index (χ2v) is 6.14. The van der Waals surface area contributed by atoms with Crippen LogP contribution in [0.25, 0.3) is 10.9 Å². The van der Waals surface area contributed by atoms with Gasteiger partial charge in [-0.15, -0.1) is 0 Å². The van der Waals surface area contributed by atoms with Gasteiger partial charge in [0.15, 0.2) is 6.10 Å². The maximum atomic E-state index is 12.6.